The van der Waals surface area contributed by atoms with Crippen LogP contribution in [0.1, 0.15) is 66.2 Å². The van der Waals surface area contributed by atoms with Crippen LogP contribution in [0.3, 0.4) is 0 Å². The fraction of sp³-hybridized carbons (Fsp3) is 0.882. The van der Waals surface area contributed by atoms with E-state index in [0.29, 0.717) is 43.7 Å². The van der Waals surface area contributed by atoms with Crippen LogP contribution in [-0.2, 0) is 9.59 Å². The van der Waals surface area contributed by atoms with Gasteiger partial charge in [0.1, 0.15) is 5.54 Å². The van der Waals surface area contributed by atoms with Crippen LogP contribution in [-0.4, -0.2) is 34.8 Å². The summed E-state index contributed by atoms with van der Waals surface area (Å²) in [4.78, 5) is 27.2. The lowest BCUT2D eigenvalue weighted by Crippen LogP contribution is -2.58. The number of rotatable bonds is 4. The van der Waals surface area contributed by atoms with Crippen molar-refractivity contribution < 1.29 is 9.59 Å². The van der Waals surface area contributed by atoms with Crippen LogP contribution < -0.4 is 5.32 Å². The maximum absolute atomic E-state index is 13.1. The standard InChI is InChI=1S/C17H30N2O2/c1-5-13-8-9-14(12(13)4)19-11-10-15(20)18-17(6-2,7-3)16(19)21/h12-14H,5-11H2,1-4H3,(H,18,20). The summed E-state index contributed by atoms with van der Waals surface area (Å²) >= 11 is 0. The second kappa shape index (κ2) is 6.37. The number of hydrogen-bond acceptors (Lipinski definition) is 2. The molecule has 0 aromatic carbocycles. The van der Waals surface area contributed by atoms with Crippen LogP contribution in [0, 0.1) is 11.8 Å². The van der Waals surface area contributed by atoms with E-state index in [4.69, 9.17) is 0 Å². The van der Waals surface area contributed by atoms with Gasteiger partial charge in [-0.15, -0.1) is 0 Å². The Bertz CT molecular complexity index is 404. The van der Waals surface area contributed by atoms with E-state index in [1.165, 1.54) is 12.8 Å². The zero-order valence-corrected chi connectivity index (χ0v) is 13.9. The molecule has 4 heteroatoms. The molecule has 1 aliphatic heterocycles. The monoisotopic (exact) mass is 294 g/mol. The van der Waals surface area contributed by atoms with Gasteiger partial charge in [-0.25, -0.2) is 0 Å². The second-order valence-electron chi connectivity index (χ2n) is 6.76. The topological polar surface area (TPSA) is 49.4 Å². The third kappa shape index (κ3) is 2.82. The van der Waals surface area contributed by atoms with Crippen molar-refractivity contribution in [1.82, 2.24) is 10.2 Å². The lowest BCUT2D eigenvalue weighted by Gasteiger charge is -2.38. The van der Waals surface area contributed by atoms with E-state index in [1.54, 1.807) is 0 Å². The molecule has 2 fully saturated rings. The molecule has 1 N–H and O–H groups in total. The Balaban J connectivity index is 2.26. The normalized spacial score (nSPS) is 33.0. The predicted octanol–water partition coefficient (Wildman–Crippen LogP) is 2.72. The third-order valence-corrected chi connectivity index (χ3v) is 5.94. The second-order valence-corrected chi connectivity index (χ2v) is 6.76. The average Bonchev–Trinajstić information content (AvgIpc) is 2.80. The molecule has 3 unspecified atom stereocenters. The molecule has 4 nitrogen and oxygen atoms in total. The Kier molecular flexibility index (Phi) is 4.95. The zero-order valence-electron chi connectivity index (χ0n) is 13.9. The molecule has 21 heavy (non-hydrogen) atoms. The largest absolute Gasteiger partial charge is 0.342 e. The number of hydrogen-bond donors (Lipinski definition) is 1. The number of carbonyl (C=O) groups is 2. The molecule has 1 saturated heterocycles. The van der Waals surface area contributed by atoms with Crippen molar-refractivity contribution in [2.75, 3.05) is 6.54 Å². The van der Waals surface area contributed by atoms with Gasteiger partial charge in [0.05, 0.1) is 0 Å². The highest BCUT2D eigenvalue weighted by molar-refractivity contribution is 5.93. The number of carbonyl (C=O) groups excluding carboxylic acids is 2. The number of nitrogens with zero attached hydrogens (tertiary/aromatic N) is 1. The van der Waals surface area contributed by atoms with Gasteiger partial charge in [0.2, 0.25) is 11.8 Å². The van der Waals surface area contributed by atoms with Crippen molar-refractivity contribution in [3.63, 3.8) is 0 Å². The molecule has 2 rings (SSSR count). The van der Waals surface area contributed by atoms with Gasteiger partial charge in [0.15, 0.2) is 0 Å². The lowest BCUT2D eigenvalue weighted by atomic mass is 9.88. The minimum absolute atomic E-state index is 0.0206. The zero-order chi connectivity index (χ0) is 15.6. The van der Waals surface area contributed by atoms with Crippen molar-refractivity contribution in [2.45, 2.75) is 77.8 Å². The van der Waals surface area contributed by atoms with Gasteiger partial charge < -0.3 is 10.2 Å². The summed E-state index contributed by atoms with van der Waals surface area (Å²) in [5.41, 5.74) is -0.683. The fourth-order valence-corrected chi connectivity index (χ4v) is 4.27. The van der Waals surface area contributed by atoms with Crippen molar-refractivity contribution in [2.24, 2.45) is 11.8 Å². The predicted molar refractivity (Wildman–Crippen MR) is 83.8 cm³/mol. The van der Waals surface area contributed by atoms with E-state index in [2.05, 4.69) is 19.2 Å². The fourth-order valence-electron chi connectivity index (χ4n) is 4.27. The third-order valence-electron chi connectivity index (χ3n) is 5.94. The van der Waals surface area contributed by atoms with Gasteiger partial charge in [-0.2, -0.15) is 0 Å². The Hall–Kier alpha value is -1.06. The molecule has 0 spiro atoms. The highest BCUT2D eigenvalue weighted by atomic mass is 16.2. The minimum atomic E-state index is -0.683. The highest BCUT2D eigenvalue weighted by Gasteiger charge is 2.46. The lowest BCUT2D eigenvalue weighted by molar-refractivity contribution is -0.142. The summed E-state index contributed by atoms with van der Waals surface area (Å²) in [7, 11) is 0. The van der Waals surface area contributed by atoms with Crippen LogP contribution in [0.15, 0.2) is 0 Å². The summed E-state index contributed by atoms with van der Waals surface area (Å²) in [6, 6.07) is 0.313. The molecule has 1 aliphatic carbocycles. The van der Waals surface area contributed by atoms with Crippen LogP contribution in [0.5, 0.6) is 0 Å². The Morgan fingerprint density at radius 3 is 2.38 bits per heavy atom. The van der Waals surface area contributed by atoms with Crippen LogP contribution in [0.25, 0.3) is 0 Å². The molecule has 0 aromatic heterocycles. The van der Waals surface area contributed by atoms with Gasteiger partial charge in [-0.1, -0.05) is 34.1 Å². The SMILES string of the molecule is CCC1CCC(N2CCC(=O)NC(CC)(CC)C2=O)C1C. The molecule has 0 radical (unpaired) electrons. The van der Waals surface area contributed by atoms with Crippen molar-refractivity contribution in [3.8, 4) is 0 Å². The van der Waals surface area contributed by atoms with Crippen molar-refractivity contribution in [1.29, 1.82) is 0 Å². The summed E-state index contributed by atoms with van der Waals surface area (Å²) < 4.78 is 0. The maximum Gasteiger partial charge on any atom is 0.248 e. The maximum atomic E-state index is 13.1. The molecular weight excluding hydrogens is 264 g/mol. The van der Waals surface area contributed by atoms with Crippen molar-refractivity contribution >= 4 is 11.8 Å². The molecule has 1 heterocycles. The van der Waals surface area contributed by atoms with E-state index >= 15 is 0 Å². The number of amides is 2. The first-order valence-electron chi connectivity index (χ1n) is 8.61. The summed E-state index contributed by atoms with van der Waals surface area (Å²) in [6.07, 6.45) is 5.25. The molecule has 120 valence electrons. The van der Waals surface area contributed by atoms with E-state index in [1.807, 2.05) is 18.7 Å². The van der Waals surface area contributed by atoms with Crippen molar-refractivity contribution in [3.05, 3.63) is 0 Å². The van der Waals surface area contributed by atoms with Crippen LogP contribution in [0.2, 0.25) is 0 Å². The Labute approximate surface area is 128 Å². The molecular formula is C17H30N2O2. The average molecular weight is 294 g/mol. The summed E-state index contributed by atoms with van der Waals surface area (Å²) in [5.74, 6) is 1.42. The summed E-state index contributed by atoms with van der Waals surface area (Å²) in [6.45, 7) is 9.09. The minimum Gasteiger partial charge on any atom is -0.342 e. The highest BCUT2D eigenvalue weighted by Crippen LogP contribution is 2.38. The first kappa shape index (κ1) is 16.3. The van der Waals surface area contributed by atoms with Gasteiger partial charge in [0, 0.05) is 19.0 Å². The first-order valence-corrected chi connectivity index (χ1v) is 8.61. The van der Waals surface area contributed by atoms with Gasteiger partial charge in [-0.05, 0) is 37.5 Å². The van der Waals surface area contributed by atoms with E-state index in [0.717, 1.165) is 6.42 Å². The summed E-state index contributed by atoms with van der Waals surface area (Å²) in [5, 5.41) is 3.00. The first-order chi connectivity index (χ1) is 9.99. The van der Waals surface area contributed by atoms with Crippen LogP contribution in [0.4, 0.5) is 0 Å². The van der Waals surface area contributed by atoms with E-state index < -0.39 is 5.54 Å². The smallest absolute Gasteiger partial charge is 0.248 e. The molecule has 1 saturated carbocycles. The van der Waals surface area contributed by atoms with Crippen LogP contribution >= 0.6 is 0 Å². The van der Waals surface area contributed by atoms with Gasteiger partial charge in [0.25, 0.3) is 0 Å². The Morgan fingerprint density at radius 2 is 1.86 bits per heavy atom. The molecule has 0 bridgehead atoms. The Morgan fingerprint density at radius 1 is 1.19 bits per heavy atom. The van der Waals surface area contributed by atoms with E-state index in [9.17, 15) is 9.59 Å². The molecule has 0 aromatic rings. The molecule has 2 amide bonds. The number of nitrogens with one attached hydrogen (secondary N) is 1. The molecule has 3 atom stereocenters. The van der Waals surface area contributed by atoms with E-state index in [-0.39, 0.29) is 11.8 Å². The quantitative estimate of drug-likeness (QED) is 0.866. The van der Waals surface area contributed by atoms with Gasteiger partial charge in [-0.3, -0.25) is 9.59 Å². The van der Waals surface area contributed by atoms with Gasteiger partial charge >= 0.3 is 0 Å². The molecule has 2 aliphatic rings.